The van der Waals surface area contributed by atoms with Crippen molar-refractivity contribution in [1.29, 1.82) is 0 Å². The van der Waals surface area contributed by atoms with Crippen LogP contribution >= 0.6 is 0 Å². The molecule has 0 fully saturated rings. The molecule has 3 aromatic rings. The second-order valence-corrected chi connectivity index (χ2v) is 4.24. The molecular weight excluding hydrogens is 255 g/mol. The van der Waals surface area contributed by atoms with Crippen molar-refractivity contribution in [2.45, 2.75) is 6.92 Å². The Morgan fingerprint density at radius 3 is 2.37 bits per heavy atom. The average molecular weight is 263 g/mol. The van der Waals surface area contributed by atoms with Crippen molar-refractivity contribution >= 4 is 11.1 Å². The van der Waals surface area contributed by atoms with Crippen LogP contribution in [0.3, 0.4) is 0 Å². The lowest BCUT2D eigenvalue weighted by molar-refractivity contribution is 0.447. The summed E-state index contributed by atoms with van der Waals surface area (Å²) in [5, 5.41) is 0. The third kappa shape index (κ3) is 1.97. The molecule has 0 aliphatic rings. The standard InChI is InChI=1S/C14H8F3NO/c1-7-2-3-12-11(4-7)18-14(19-12)8-5-9(15)13(17)10(16)6-8/h2-6H,1H3. The van der Waals surface area contributed by atoms with Crippen molar-refractivity contribution in [3.8, 4) is 11.5 Å². The highest BCUT2D eigenvalue weighted by Gasteiger charge is 2.15. The maximum Gasteiger partial charge on any atom is 0.227 e. The SMILES string of the molecule is Cc1ccc2oc(-c3cc(F)c(F)c(F)c3)nc2c1. The van der Waals surface area contributed by atoms with Crippen LogP contribution in [0.25, 0.3) is 22.6 Å². The van der Waals surface area contributed by atoms with Crippen LogP contribution in [-0.2, 0) is 0 Å². The molecule has 0 amide bonds. The molecule has 96 valence electrons. The van der Waals surface area contributed by atoms with Gasteiger partial charge in [-0.3, -0.25) is 0 Å². The van der Waals surface area contributed by atoms with E-state index in [0.717, 1.165) is 17.7 Å². The molecule has 0 unspecified atom stereocenters. The Bertz CT molecular complexity index is 756. The van der Waals surface area contributed by atoms with Crippen LogP contribution in [0, 0.1) is 24.4 Å². The Morgan fingerprint density at radius 1 is 1.00 bits per heavy atom. The smallest absolute Gasteiger partial charge is 0.227 e. The summed E-state index contributed by atoms with van der Waals surface area (Å²) in [6.45, 7) is 1.89. The van der Waals surface area contributed by atoms with Gasteiger partial charge in [-0.15, -0.1) is 0 Å². The molecule has 0 radical (unpaired) electrons. The number of hydrogen-bond donors (Lipinski definition) is 0. The van der Waals surface area contributed by atoms with Crippen LogP contribution in [0.1, 0.15) is 5.56 Å². The summed E-state index contributed by atoms with van der Waals surface area (Å²) in [5.74, 6) is -3.99. The summed E-state index contributed by atoms with van der Waals surface area (Å²) in [4.78, 5) is 4.13. The fourth-order valence-electron chi connectivity index (χ4n) is 1.84. The molecule has 1 aromatic heterocycles. The van der Waals surface area contributed by atoms with Crippen LogP contribution in [0.2, 0.25) is 0 Å². The minimum absolute atomic E-state index is 0.0541. The third-order valence-corrected chi connectivity index (χ3v) is 2.77. The Kier molecular flexibility index (Phi) is 2.55. The molecule has 0 saturated carbocycles. The van der Waals surface area contributed by atoms with Crippen LogP contribution < -0.4 is 0 Å². The predicted molar refractivity (Wildman–Crippen MR) is 64.1 cm³/mol. The molecule has 0 atom stereocenters. The maximum absolute atomic E-state index is 13.2. The van der Waals surface area contributed by atoms with E-state index < -0.39 is 17.5 Å². The molecule has 0 saturated heterocycles. The number of halogens is 3. The molecule has 0 spiro atoms. The molecule has 0 aliphatic carbocycles. The predicted octanol–water partition coefficient (Wildman–Crippen LogP) is 4.22. The Hall–Kier alpha value is -2.30. The first-order valence-corrected chi connectivity index (χ1v) is 5.57. The zero-order valence-corrected chi connectivity index (χ0v) is 9.88. The Balaban J connectivity index is 2.19. The van der Waals surface area contributed by atoms with Crippen LogP contribution in [-0.4, -0.2) is 4.98 Å². The number of aryl methyl sites for hydroxylation is 1. The monoisotopic (exact) mass is 263 g/mol. The van der Waals surface area contributed by atoms with Gasteiger partial charge in [0.25, 0.3) is 0 Å². The summed E-state index contributed by atoms with van der Waals surface area (Å²) >= 11 is 0. The number of fused-ring (bicyclic) bond motifs is 1. The molecule has 5 heteroatoms. The van der Waals surface area contributed by atoms with Crippen molar-refractivity contribution in [2.24, 2.45) is 0 Å². The van der Waals surface area contributed by atoms with E-state index in [1.807, 2.05) is 13.0 Å². The van der Waals surface area contributed by atoms with Gasteiger partial charge in [0.2, 0.25) is 5.89 Å². The summed E-state index contributed by atoms with van der Waals surface area (Å²) in [6, 6.07) is 7.06. The molecule has 2 nitrogen and oxygen atoms in total. The molecule has 0 N–H and O–H groups in total. The second kappa shape index (κ2) is 4.12. The Morgan fingerprint density at radius 2 is 1.68 bits per heavy atom. The summed E-state index contributed by atoms with van der Waals surface area (Å²) in [5.41, 5.74) is 2.14. The number of benzene rings is 2. The quantitative estimate of drug-likeness (QED) is 0.614. The number of rotatable bonds is 1. The lowest BCUT2D eigenvalue weighted by Crippen LogP contribution is -1.91. The van der Waals surface area contributed by atoms with Gasteiger partial charge in [-0.25, -0.2) is 18.2 Å². The number of hydrogen-bond acceptors (Lipinski definition) is 2. The van der Waals surface area contributed by atoms with Gasteiger partial charge < -0.3 is 4.42 Å². The summed E-state index contributed by atoms with van der Waals surface area (Å²) < 4.78 is 44.6. The molecule has 19 heavy (non-hydrogen) atoms. The minimum Gasteiger partial charge on any atom is -0.436 e. The van der Waals surface area contributed by atoms with E-state index in [0.29, 0.717) is 11.1 Å². The molecule has 0 bridgehead atoms. The van der Waals surface area contributed by atoms with E-state index >= 15 is 0 Å². The highest BCUT2D eigenvalue weighted by atomic mass is 19.2. The van der Waals surface area contributed by atoms with Gasteiger partial charge in [-0.2, -0.15) is 0 Å². The highest BCUT2D eigenvalue weighted by Crippen LogP contribution is 2.27. The van der Waals surface area contributed by atoms with E-state index in [-0.39, 0.29) is 11.5 Å². The van der Waals surface area contributed by atoms with Crippen LogP contribution in [0.4, 0.5) is 13.2 Å². The first-order chi connectivity index (χ1) is 9.04. The van der Waals surface area contributed by atoms with Crippen molar-refractivity contribution in [3.63, 3.8) is 0 Å². The topological polar surface area (TPSA) is 26.0 Å². The number of aromatic nitrogens is 1. The third-order valence-electron chi connectivity index (χ3n) is 2.77. The summed E-state index contributed by atoms with van der Waals surface area (Å²) in [6.07, 6.45) is 0. The van der Waals surface area contributed by atoms with Crippen molar-refractivity contribution < 1.29 is 17.6 Å². The molecular formula is C14H8F3NO. The lowest BCUT2D eigenvalue weighted by atomic mass is 10.2. The molecule has 3 rings (SSSR count). The number of oxazole rings is 1. The van der Waals surface area contributed by atoms with Crippen molar-refractivity contribution in [1.82, 2.24) is 4.98 Å². The Labute approximate surface area is 106 Å². The summed E-state index contributed by atoms with van der Waals surface area (Å²) in [7, 11) is 0. The van der Waals surface area contributed by atoms with Gasteiger partial charge in [0.05, 0.1) is 0 Å². The van der Waals surface area contributed by atoms with E-state index in [4.69, 9.17) is 4.42 Å². The zero-order chi connectivity index (χ0) is 13.6. The van der Waals surface area contributed by atoms with E-state index in [1.165, 1.54) is 0 Å². The first kappa shape index (κ1) is 11.8. The maximum atomic E-state index is 13.2. The normalized spacial score (nSPS) is 11.2. The minimum atomic E-state index is -1.50. The highest BCUT2D eigenvalue weighted by molar-refractivity contribution is 5.76. The van der Waals surface area contributed by atoms with E-state index in [9.17, 15) is 13.2 Å². The van der Waals surface area contributed by atoms with E-state index in [2.05, 4.69) is 4.98 Å². The molecule has 0 aliphatic heterocycles. The average Bonchev–Trinajstić information content (AvgIpc) is 2.78. The van der Waals surface area contributed by atoms with E-state index in [1.54, 1.807) is 12.1 Å². The second-order valence-electron chi connectivity index (χ2n) is 4.24. The fourth-order valence-corrected chi connectivity index (χ4v) is 1.84. The zero-order valence-electron chi connectivity index (χ0n) is 9.88. The van der Waals surface area contributed by atoms with Gasteiger partial charge in [0, 0.05) is 5.56 Å². The first-order valence-electron chi connectivity index (χ1n) is 5.57. The largest absolute Gasteiger partial charge is 0.436 e. The van der Waals surface area contributed by atoms with Gasteiger partial charge in [0.1, 0.15) is 5.52 Å². The van der Waals surface area contributed by atoms with Gasteiger partial charge in [-0.1, -0.05) is 6.07 Å². The fraction of sp³-hybridized carbons (Fsp3) is 0.0714. The van der Waals surface area contributed by atoms with Gasteiger partial charge >= 0.3 is 0 Å². The van der Waals surface area contributed by atoms with Crippen LogP contribution in [0.5, 0.6) is 0 Å². The van der Waals surface area contributed by atoms with Crippen molar-refractivity contribution in [3.05, 3.63) is 53.3 Å². The van der Waals surface area contributed by atoms with Crippen molar-refractivity contribution in [2.75, 3.05) is 0 Å². The lowest BCUT2D eigenvalue weighted by Gasteiger charge is -1.98. The number of nitrogens with zero attached hydrogens (tertiary/aromatic N) is 1. The van der Waals surface area contributed by atoms with Gasteiger partial charge in [-0.05, 0) is 36.8 Å². The van der Waals surface area contributed by atoms with Gasteiger partial charge in [0.15, 0.2) is 23.0 Å². The van der Waals surface area contributed by atoms with Crippen LogP contribution in [0.15, 0.2) is 34.7 Å². The molecule has 2 aromatic carbocycles. The molecule has 1 heterocycles.